The third-order valence-electron chi connectivity index (χ3n) is 9.62. The third kappa shape index (κ3) is 22.6. The van der Waals surface area contributed by atoms with Crippen molar-refractivity contribution < 1.29 is 88.6 Å². The second kappa shape index (κ2) is 35.1. The van der Waals surface area contributed by atoms with Crippen molar-refractivity contribution in [1.82, 2.24) is 10.2 Å². The van der Waals surface area contributed by atoms with Crippen molar-refractivity contribution in [1.29, 1.82) is 0 Å². The number of imide groups is 2. The number of carbonyl (C=O) groups excluding carboxylic acids is 4. The number of benzene rings is 2. The van der Waals surface area contributed by atoms with Gasteiger partial charge in [0.2, 0.25) is 11.8 Å². The van der Waals surface area contributed by atoms with Crippen molar-refractivity contribution in [3.8, 4) is 0 Å². The smallest absolute Gasteiger partial charge is 0.297 e. The normalized spacial score (nSPS) is 15.1. The van der Waals surface area contributed by atoms with Gasteiger partial charge in [0.05, 0.1) is 181 Å². The second-order valence-electron chi connectivity index (χ2n) is 14.5. The number of fused-ring (bicyclic) bond motifs is 1. The summed E-state index contributed by atoms with van der Waals surface area (Å²) in [6.07, 6.45) is 0.155. The Bertz CT molecular complexity index is 1840. The Balaban J connectivity index is 0.785. The molecule has 2 aromatic carbocycles. The first-order valence-electron chi connectivity index (χ1n) is 22.8. The molecule has 1 saturated heterocycles. The minimum Gasteiger partial charge on any atom is -0.382 e. The Kier molecular flexibility index (Phi) is 29.2. The Morgan fingerprint density at radius 3 is 1.29 bits per heavy atom. The molecule has 0 radical (unpaired) electrons. The van der Waals surface area contributed by atoms with E-state index in [0.717, 1.165) is 4.90 Å². The SMILES string of the molecule is O=C1CCC(N2C(=O)c3cccc(NCCOCCOCCOCCOCCOCCOCCOCCOCCOCCOCCOCCOCCOS(=O)(=O)c4ccccc4)c3C2=O)C(=O)N1. The molecular weight excluding hydrogens is 919 g/mol. The molecule has 382 valence electrons. The minimum atomic E-state index is -3.78. The molecule has 2 heterocycles. The number of ether oxygens (including phenoxy) is 12. The van der Waals surface area contributed by atoms with Gasteiger partial charge in [-0.05, 0) is 30.7 Å². The zero-order valence-electron chi connectivity index (χ0n) is 38.6. The molecule has 0 aliphatic carbocycles. The maximum atomic E-state index is 13.2. The number of anilines is 1. The largest absolute Gasteiger partial charge is 0.382 e. The van der Waals surface area contributed by atoms with Crippen molar-refractivity contribution in [2.24, 2.45) is 0 Å². The summed E-state index contributed by atoms with van der Waals surface area (Å²) in [4.78, 5) is 51.1. The molecule has 1 fully saturated rings. The number of rotatable bonds is 43. The molecule has 1 atom stereocenters. The monoisotopic (exact) mass is 985 g/mol. The van der Waals surface area contributed by atoms with Crippen LogP contribution in [0.4, 0.5) is 5.69 Å². The molecule has 2 aliphatic heterocycles. The van der Waals surface area contributed by atoms with Gasteiger partial charge in [-0.1, -0.05) is 24.3 Å². The van der Waals surface area contributed by atoms with Crippen molar-refractivity contribution in [3.05, 3.63) is 59.7 Å². The van der Waals surface area contributed by atoms with Gasteiger partial charge in [0.1, 0.15) is 6.04 Å². The maximum absolute atomic E-state index is 13.2. The van der Waals surface area contributed by atoms with Crippen molar-refractivity contribution in [2.45, 2.75) is 23.8 Å². The number of amides is 4. The third-order valence-corrected chi connectivity index (χ3v) is 10.9. The average Bonchev–Trinajstić information content (AvgIpc) is 3.59. The van der Waals surface area contributed by atoms with Crippen LogP contribution in [0.25, 0.3) is 0 Å². The quantitative estimate of drug-likeness (QED) is 0.0536. The van der Waals surface area contributed by atoms with Gasteiger partial charge in [0.25, 0.3) is 21.9 Å². The first-order chi connectivity index (χ1) is 33.3. The summed E-state index contributed by atoms with van der Waals surface area (Å²) in [6, 6.07) is 11.8. The van der Waals surface area contributed by atoms with Crippen LogP contribution in [0.2, 0.25) is 0 Å². The van der Waals surface area contributed by atoms with Gasteiger partial charge in [0.15, 0.2) is 0 Å². The van der Waals surface area contributed by atoms with Gasteiger partial charge in [-0.25, -0.2) is 0 Å². The topological polar surface area (TPSA) is 250 Å². The fourth-order valence-electron chi connectivity index (χ4n) is 6.30. The number of hydrogen-bond donors (Lipinski definition) is 2. The summed E-state index contributed by atoms with van der Waals surface area (Å²) >= 11 is 0. The number of nitrogens with zero attached hydrogens (tertiary/aromatic N) is 1. The highest BCUT2D eigenvalue weighted by atomic mass is 32.2. The lowest BCUT2D eigenvalue weighted by molar-refractivity contribution is -0.136. The fourth-order valence-corrected chi connectivity index (χ4v) is 7.21. The lowest BCUT2D eigenvalue weighted by atomic mass is 10.0. The molecule has 2 aliphatic rings. The number of hydrogen-bond acceptors (Lipinski definition) is 20. The molecule has 1 unspecified atom stereocenters. The van der Waals surface area contributed by atoms with Gasteiger partial charge in [0, 0.05) is 18.7 Å². The molecule has 23 heteroatoms. The average molecular weight is 986 g/mol. The molecule has 2 N–H and O–H groups in total. The fraction of sp³-hybridized carbons (Fsp3) is 0.644. The van der Waals surface area contributed by atoms with E-state index >= 15 is 0 Å². The number of nitrogens with one attached hydrogen (secondary N) is 2. The Labute approximate surface area is 397 Å². The van der Waals surface area contributed by atoms with Crippen LogP contribution in [0.1, 0.15) is 33.6 Å². The van der Waals surface area contributed by atoms with Crippen molar-refractivity contribution in [3.63, 3.8) is 0 Å². The molecule has 4 amide bonds. The first kappa shape index (κ1) is 56.5. The van der Waals surface area contributed by atoms with Crippen LogP contribution in [-0.4, -0.2) is 215 Å². The second-order valence-corrected chi connectivity index (χ2v) is 16.2. The van der Waals surface area contributed by atoms with E-state index in [-0.39, 0.29) is 42.1 Å². The van der Waals surface area contributed by atoms with E-state index in [4.69, 9.17) is 61.0 Å². The first-order valence-corrected chi connectivity index (χ1v) is 24.2. The molecule has 0 bridgehead atoms. The van der Waals surface area contributed by atoms with Crippen molar-refractivity contribution in [2.75, 3.05) is 177 Å². The van der Waals surface area contributed by atoms with Gasteiger partial charge in [-0.15, -0.1) is 0 Å². The Hall–Kier alpha value is -4.05. The van der Waals surface area contributed by atoms with Crippen molar-refractivity contribution >= 4 is 39.4 Å². The van der Waals surface area contributed by atoms with E-state index in [1.807, 2.05) is 0 Å². The highest BCUT2D eigenvalue weighted by Gasteiger charge is 2.45. The zero-order chi connectivity index (χ0) is 48.3. The van der Waals surface area contributed by atoms with Crippen LogP contribution < -0.4 is 10.6 Å². The van der Waals surface area contributed by atoms with E-state index in [0.29, 0.717) is 164 Å². The highest BCUT2D eigenvalue weighted by Crippen LogP contribution is 2.32. The highest BCUT2D eigenvalue weighted by molar-refractivity contribution is 7.86. The van der Waals surface area contributed by atoms with Crippen LogP contribution in [0, 0.1) is 0 Å². The molecule has 22 nitrogen and oxygen atoms in total. The molecular formula is C45H67N3O19S. The molecule has 2 aromatic rings. The molecule has 4 rings (SSSR count). The van der Waals surface area contributed by atoms with Crippen LogP contribution in [0.3, 0.4) is 0 Å². The molecule has 68 heavy (non-hydrogen) atoms. The molecule has 0 saturated carbocycles. The molecule has 0 aromatic heterocycles. The predicted octanol–water partition coefficient (Wildman–Crippen LogP) is 1.10. The van der Waals surface area contributed by atoms with Crippen LogP contribution in [0.15, 0.2) is 53.4 Å². The van der Waals surface area contributed by atoms with E-state index in [9.17, 15) is 27.6 Å². The number of carbonyl (C=O) groups is 4. The number of piperidine rings is 1. The Morgan fingerprint density at radius 1 is 0.485 bits per heavy atom. The Morgan fingerprint density at radius 2 is 0.882 bits per heavy atom. The summed E-state index contributed by atoms with van der Waals surface area (Å²) in [7, 11) is -3.78. The van der Waals surface area contributed by atoms with Gasteiger partial charge in [-0.2, -0.15) is 8.42 Å². The summed E-state index contributed by atoms with van der Waals surface area (Å²) in [5.74, 6) is -2.19. The summed E-state index contributed by atoms with van der Waals surface area (Å²) < 4.78 is 94.8. The van der Waals surface area contributed by atoms with Gasteiger partial charge in [-0.3, -0.25) is 33.6 Å². The standard InChI is InChI=1S/C45H67N3O19S/c49-41-10-9-40(43(50)47-41)48-44(51)38-7-4-8-39(42(38)45(48)52)46-11-12-55-13-14-56-15-16-57-17-18-58-19-20-59-21-22-60-23-24-61-25-26-62-27-28-63-29-30-64-31-32-65-33-34-66-35-36-67-68(53,54)37-5-2-1-3-6-37/h1-8,40,46H,9-36H2,(H,47,49,50). The summed E-state index contributed by atoms with van der Waals surface area (Å²) in [5, 5.41) is 5.33. The van der Waals surface area contributed by atoms with Gasteiger partial charge >= 0.3 is 0 Å². The van der Waals surface area contributed by atoms with Crippen LogP contribution in [-0.2, 0) is 80.7 Å². The maximum Gasteiger partial charge on any atom is 0.297 e. The van der Waals surface area contributed by atoms with E-state index in [1.165, 1.54) is 12.1 Å². The lowest BCUT2D eigenvalue weighted by Gasteiger charge is -2.27. The zero-order valence-corrected chi connectivity index (χ0v) is 39.4. The van der Waals surface area contributed by atoms with E-state index in [2.05, 4.69) is 10.6 Å². The van der Waals surface area contributed by atoms with Crippen LogP contribution >= 0.6 is 0 Å². The summed E-state index contributed by atoms with van der Waals surface area (Å²) in [5.41, 5.74) is 0.885. The molecule has 0 spiro atoms. The van der Waals surface area contributed by atoms with Gasteiger partial charge < -0.3 is 62.2 Å². The summed E-state index contributed by atoms with van der Waals surface area (Å²) in [6.45, 7) is 10.1. The van der Waals surface area contributed by atoms with E-state index in [1.54, 1.807) is 36.4 Å². The minimum absolute atomic E-state index is 0.0587. The van der Waals surface area contributed by atoms with E-state index < -0.39 is 39.8 Å². The predicted molar refractivity (Wildman–Crippen MR) is 241 cm³/mol. The lowest BCUT2D eigenvalue weighted by Crippen LogP contribution is -2.54. The van der Waals surface area contributed by atoms with Crippen LogP contribution in [0.5, 0.6) is 0 Å².